The monoisotopic (exact) mass is 785 g/mol. The highest BCUT2D eigenvalue weighted by Gasteiger charge is 2.84. The van der Waals surface area contributed by atoms with Gasteiger partial charge < -0.3 is 4.90 Å². The van der Waals surface area contributed by atoms with Crippen molar-refractivity contribution in [2.45, 2.75) is 112 Å². The van der Waals surface area contributed by atoms with E-state index in [4.69, 9.17) is 0 Å². The predicted molar refractivity (Wildman–Crippen MR) is 246 cm³/mol. The van der Waals surface area contributed by atoms with Crippen LogP contribution in [0.4, 0.5) is 17.1 Å². The van der Waals surface area contributed by atoms with Gasteiger partial charge in [-0.1, -0.05) is 144 Å². The van der Waals surface area contributed by atoms with E-state index in [1.54, 1.807) is 11.1 Å². The summed E-state index contributed by atoms with van der Waals surface area (Å²) in [6.45, 7) is 14.8. The van der Waals surface area contributed by atoms with Gasteiger partial charge in [-0.25, -0.2) is 0 Å². The summed E-state index contributed by atoms with van der Waals surface area (Å²) in [6.07, 6.45) is 8.15. The molecule has 1 nitrogen and oxygen atoms in total. The summed E-state index contributed by atoms with van der Waals surface area (Å²) in [6, 6.07) is 50.1. The fourth-order valence-corrected chi connectivity index (χ4v) is 16.6. The van der Waals surface area contributed by atoms with E-state index < -0.39 is 0 Å². The quantitative estimate of drug-likeness (QED) is 0.175. The number of benzene rings is 6. The van der Waals surface area contributed by atoms with Crippen LogP contribution in [0.15, 0.2) is 137 Å². The van der Waals surface area contributed by atoms with E-state index in [2.05, 4.69) is 186 Å². The fraction of sp³-hybridized carbons (Fsp3) is 0.368. The van der Waals surface area contributed by atoms with Gasteiger partial charge in [0.15, 0.2) is 0 Å². The summed E-state index contributed by atoms with van der Waals surface area (Å²) < 4.78 is 0. The molecule has 0 N–H and O–H groups in total. The molecule has 0 amide bonds. The molecule has 2 spiro atoms. The molecule has 7 aliphatic rings. The molecule has 6 atom stereocenters. The van der Waals surface area contributed by atoms with E-state index in [-0.39, 0.29) is 21.7 Å². The third-order valence-corrected chi connectivity index (χ3v) is 19.0. The second-order valence-corrected chi connectivity index (χ2v) is 22.6. The Hall–Kier alpha value is -4.53. The summed E-state index contributed by atoms with van der Waals surface area (Å²) >= 11 is 2.05. The molecule has 6 aromatic carbocycles. The van der Waals surface area contributed by atoms with Gasteiger partial charge in [-0.05, 0) is 170 Å². The first-order chi connectivity index (χ1) is 28.4. The maximum Gasteiger partial charge on any atom is 0.0502 e. The number of fused-ring (bicyclic) bond motifs is 11. The van der Waals surface area contributed by atoms with Crippen LogP contribution in [0, 0.1) is 29.1 Å². The van der Waals surface area contributed by atoms with Gasteiger partial charge in [0.2, 0.25) is 0 Å². The van der Waals surface area contributed by atoms with Crippen molar-refractivity contribution in [1.82, 2.24) is 0 Å². The number of hydrogen-bond acceptors (Lipinski definition) is 2. The molecule has 294 valence electrons. The smallest absolute Gasteiger partial charge is 0.0502 e. The first-order valence-corrected chi connectivity index (χ1v) is 23.5. The molecule has 2 bridgehead atoms. The first-order valence-electron chi connectivity index (χ1n) is 22.6. The van der Waals surface area contributed by atoms with Gasteiger partial charge in [-0.3, -0.25) is 0 Å². The largest absolute Gasteiger partial charge is 0.310 e. The molecule has 2 heteroatoms. The van der Waals surface area contributed by atoms with Crippen molar-refractivity contribution in [3.05, 3.63) is 161 Å². The van der Waals surface area contributed by atoms with Crippen molar-refractivity contribution >= 4 is 28.8 Å². The second kappa shape index (κ2) is 11.4. The van der Waals surface area contributed by atoms with Crippen molar-refractivity contribution in [2.24, 2.45) is 29.1 Å². The minimum atomic E-state index is -0.0789. The maximum atomic E-state index is 2.72. The molecule has 6 aliphatic carbocycles. The molecule has 0 saturated heterocycles. The third-order valence-electron chi connectivity index (χ3n) is 17.8. The maximum absolute atomic E-state index is 2.72. The molecule has 6 aromatic rings. The van der Waals surface area contributed by atoms with Gasteiger partial charge in [0.05, 0.1) is 5.69 Å². The minimum absolute atomic E-state index is 0.0500. The van der Waals surface area contributed by atoms with E-state index in [1.807, 2.05) is 0 Å². The zero-order valence-corrected chi connectivity index (χ0v) is 36.3. The van der Waals surface area contributed by atoms with Crippen molar-refractivity contribution < 1.29 is 0 Å². The molecule has 13 rings (SSSR count). The third kappa shape index (κ3) is 4.25. The molecule has 1 aliphatic heterocycles. The van der Waals surface area contributed by atoms with Crippen molar-refractivity contribution in [3.63, 3.8) is 0 Å². The standard InChI is InChI=1S/C57H55NS/c1-53(2)26-27-54(3,4)51-43(53)19-13-21-47(51)58(37-22-24-41-40-16-10-11-18-42(40)55(5,6)45(41)31-37)38-23-25-48-46(32-38)57(49-29-34-28-36-30-50(57)56(36,49)33-34)44-20-12-17-39(52(44)59-48)35-14-8-7-9-15-35/h7-25,31-32,34,36,49-50H,26-30,33H2,1-6H3. The van der Waals surface area contributed by atoms with Crippen LogP contribution >= 0.6 is 11.8 Å². The normalized spacial score (nSPS) is 29.6. The molecule has 59 heavy (non-hydrogen) atoms. The summed E-state index contributed by atoms with van der Waals surface area (Å²) in [7, 11) is 0. The summed E-state index contributed by atoms with van der Waals surface area (Å²) in [5, 5.41) is 0. The topological polar surface area (TPSA) is 3.24 Å². The van der Waals surface area contributed by atoms with Crippen LogP contribution in [0.1, 0.15) is 113 Å². The number of hydrogen-bond donors (Lipinski definition) is 0. The molecule has 0 radical (unpaired) electrons. The molecule has 1 heterocycles. The Labute approximate surface area is 355 Å². The van der Waals surface area contributed by atoms with Crippen molar-refractivity contribution in [1.29, 1.82) is 0 Å². The van der Waals surface area contributed by atoms with Gasteiger partial charge in [-0.2, -0.15) is 0 Å². The second-order valence-electron chi connectivity index (χ2n) is 21.6. The molecule has 6 unspecified atom stereocenters. The molecule has 4 fully saturated rings. The van der Waals surface area contributed by atoms with Crippen LogP contribution in [0.25, 0.3) is 22.3 Å². The van der Waals surface area contributed by atoms with Gasteiger partial charge >= 0.3 is 0 Å². The first kappa shape index (κ1) is 35.2. The van der Waals surface area contributed by atoms with E-state index in [9.17, 15) is 0 Å². The van der Waals surface area contributed by atoms with Gasteiger partial charge in [0.25, 0.3) is 0 Å². The average molecular weight is 786 g/mol. The van der Waals surface area contributed by atoms with Crippen LogP contribution < -0.4 is 4.90 Å². The van der Waals surface area contributed by atoms with Gasteiger partial charge in [0, 0.05) is 32.0 Å². The molecule has 4 saturated carbocycles. The lowest BCUT2D eigenvalue weighted by molar-refractivity contribution is -0.235. The Kier molecular flexibility index (Phi) is 6.83. The highest BCUT2D eigenvalue weighted by molar-refractivity contribution is 7.99. The summed E-state index contributed by atoms with van der Waals surface area (Å²) in [5.41, 5.74) is 19.3. The molecule has 0 aromatic heterocycles. The van der Waals surface area contributed by atoms with Crippen LogP contribution in [0.5, 0.6) is 0 Å². The van der Waals surface area contributed by atoms with Crippen LogP contribution in [0.3, 0.4) is 0 Å². The predicted octanol–water partition coefficient (Wildman–Crippen LogP) is 15.3. The Balaban J connectivity index is 1.05. The Morgan fingerprint density at radius 1 is 0.542 bits per heavy atom. The Morgan fingerprint density at radius 3 is 2.03 bits per heavy atom. The lowest BCUT2D eigenvalue weighted by atomic mass is 9.26. The summed E-state index contributed by atoms with van der Waals surface area (Å²) in [5.74, 6) is 3.32. The average Bonchev–Trinajstić information content (AvgIpc) is 3.85. The highest BCUT2D eigenvalue weighted by atomic mass is 32.2. The molecular formula is C57H55NS. The van der Waals surface area contributed by atoms with E-state index in [0.29, 0.717) is 5.41 Å². The molecular weight excluding hydrogens is 731 g/mol. The lowest BCUT2D eigenvalue weighted by Gasteiger charge is -2.78. The number of nitrogens with zero attached hydrogens (tertiary/aromatic N) is 1. The van der Waals surface area contributed by atoms with Gasteiger partial charge in [-0.15, -0.1) is 0 Å². The van der Waals surface area contributed by atoms with Crippen molar-refractivity contribution in [3.8, 4) is 22.3 Å². The zero-order valence-electron chi connectivity index (χ0n) is 35.5. The Morgan fingerprint density at radius 2 is 1.20 bits per heavy atom. The lowest BCUT2D eigenvalue weighted by Crippen LogP contribution is -2.74. The Bertz CT molecular complexity index is 2790. The van der Waals surface area contributed by atoms with E-state index in [1.165, 1.54) is 110 Å². The van der Waals surface area contributed by atoms with Crippen LogP contribution in [0.2, 0.25) is 0 Å². The van der Waals surface area contributed by atoms with Crippen LogP contribution in [-0.2, 0) is 21.7 Å². The highest BCUT2D eigenvalue weighted by Crippen LogP contribution is 2.89. The summed E-state index contributed by atoms with van der Waals surface area (Å²) in [4.78, 5) is 5.69. The van der Waals surface area contributed by atoms with E-state index >= 15 is 0 Å². The van der Waals surface area contributed by atoms with Crippen molar-refractivity contribution in [2.75, 3.05) is 4.90 Å². The number of rotatable bonds is 4. The number of anilines is 3. The fourth-order valence-electron chi connectivity index (χ4n) is 15.3. The van der Waals surface area contributed by atoms with E-state index in [0.717, 1.165) is 23.7 Å². The minimum Gasteiger partial charge on any atom is -0.310 e. The van der Waals surface area contributed by atoms with Crippen LogP contribution in [-0.4, -0.2) is 0 Å². The van der Waals surface area contributed by atoms with Gasteiger partial charge in [0.1, 0.15) is 0 Å². The SMILES string of the molecule is CC1(C)CCC(C)(C)c2c(N(c3ccc4c(c3)C(C)(C)c3ccccc3-4)c3ccc4c(c3)C3(c5cccc(-c6ccccc6)c5S4)C4CC5CC6CC3C64C5)cccc21. The zero-order chi connectivity index (χ0) is 39.8.